The van der Waals surface area contributed by atoms with Crippen LogP contribution in [0, 0.1) is 0 Å². The van der Waals surface area contributed by atoms with Crippen molar-refractivity contribution in [2.75, 3.05) is 39.6 Å². The second-order valence-corrected chi connectivity index (χ2v) is 6.17. The number of nitrogens with one attached hydrogen (secondary N) is 2. The maximum absolute atomic E-state index is 11.6. The van der Waals surface area contributed by atoms with Gasteiger partial charge in [0.25, 0.3) is 0 Å². The van der Waals surface area contributed by atoms with E-state index >= 15 is 0 Å². The third-order valence-corrected chi connectivity index (χ3v) is 4.95. The first kappa shape index (κ1) is 15.8. The minimum Gasteiger partial charge on any atom is -0.385 e. The first-order valence-corrected chi connectivity index (χ1v) is 7.96. The van der Waals surface area contributed by atoms with E-state index in [9.17, 15) is 4.79 Å². The molecule has 1 saturated carbocycles. The number of rotatable bonds is 9. The lowest BCUT2D eigenvalue weighted by molar-refractivity contribution is -0.120. The van der Waals surface area contributed by atoms with Crippen LogP contribution in [0.2, 0.25) is 0 Å². The summed E-state index contributed by atoms with van der Waals surface area (Å²) < 4.78 is 5.30. The average Bonchev–Trinajstić information content (AvgIpc) is 2.84. The Balaban J connectivity index is 2.07. The summed E-state index contributed by atoms with van der Waals surface area (Å²) >= 11 is 1.95. The Labute approximate surface area is 115 Å². The highest BCUT2D eigenvalue weighted by Gasteiger charge is 2.32. The topological polar surface area (TPSA) is 50.4 Å². The van der Waals surface area contributed by atoms with Gasteiger partial charge < -0.3 is 15.4 Å². The molecule has 106 valence electrons. The number of methoxy groups -OCH3 is 1. The minimum absolute atomic E-state index is 0.0837. The van der Waals surface area contributed by atoms with Gasteiger partial charge in [-0.05, 0) is 25.5 Å². The molecule has 0 aliphatic heterocycles. The SMILES string of the molecule is COCCCNC(=O)CNCC1(SC)CCCC1. The molecule has 0 bridgehead atoms. The van der Waals surface area contributed by atoms with Gasteiger partial charge in [-0.25, -0.2) is 0 Å². The molecule has 1 rings (SSSR count). The molecule has 1 fully saturated rings. The molecule has 0 aromatic heterocycles. The fourth-order valence-electron chi connectivity index (χ4n) is 2.38. The molecule has 0 saturated heterocycles. The van der Waals surface area contributed by atoms with E-state index < -0.39 is 0 Å². The fourth-order valence-corrected chi connectivity index (χ4v) is 3.33. The first-order chi connectivity index (χ1) is 8.72. The summed E-state index contributed by atoms with van der Waals surface area (Å²) in [5, 5.41) is 6.18. The van der Waals surface area contributed by atoms with Gasteiger partial charge in [0.05, 0.1) is 6.54 Å². The van der Waals surface area contributed by atoms with Crippen molar-refractivity contribution >= 4 is 17.7 Å². The van der Waals surface area contributed by atoms with Crippen LogP contribution in [0.1, 0.15) is 32.1 Å². The van der Waals surface area contributed by atoms with Crippen LogP contribution >= 0.6 is 11.8 Å². The highest BCUT2D eigenvalue weighted by Crippen LogP contribution is 2.39. The molecular formula is C13H26N2O2S. The van der Waals surface area contributed by atoms with Crippen molar-refractivity contribution in [2.45, 2.75) is 36.9 Å². The Morgan fingerprint density at radius 3 is 2.72 bits per heavy atom. The van der Waals surface area contributed by atoms with Crippen molar-refractivity contribution < 1.29 is 9.53 Å². The predicted octanol–water partition coefficient (Wildman–Crippen LogP) is 1.40. The summed E-state index contributed by atoms with van der Waals surface area (Å²) in [5.41, 5.74) is 0. The molecule has 2 N–H and O–H groups in total. The molecule has 0 heterocycles. The van der Waals surface area contributed by atoms with Gasteiger partial charge in [0.2, 0.25) is 5.91 Å². The van der Waals surface area contributed by atoms with Crippen molar-refractivity contribution in [2.24, 2.45) is 0 Å². The molecule has 1 aliphatic carbocycles. The molecule has 1 aliphatic rings. The zero-order chi connectivity index (χ0) is 13.3. The van der Waals surface area contributed by atoms with Gasteiger partial charge in [-0.1, -0.05) is 12.8 Å². The third-order valence-electron chi connectivity index (χ3n) is 3.53. The smallest absolute Gasteiger partial charge is 0.233 e. The molecule has 0 unspecified atom stereocenters. The lowest BCUT2D eigenvalue weighted by Crippen LogP contribution is -2.41. The highest BCUT2D eigenvalue weighted by molar-refractivity contribution is 8.00. The Bertz CT molecular complexity index is 243. The third kappa shape index (κ3) is 5.59. The molecule has 0 aromatic rings. The second kappa shape index (κ2) is 8.77. The first-order valence-electron chi connectivity index (χ1n) is 6.74. The zero-order valence-corrected chi connectivity index (χ0v) is 12.4. The molecule has 18 heavy (non-hydrogen) atoms. The molecule has 0 atom stereocenters. The van der Waals surface area contributed by atoms with E-state index in [2.05, 4.69) is 16.9 Å². The number of thioether (sulfide) groups is 1. The molecule has 1 amide bonds. The minimum atomic E-state index is 0.0837. The van der Waals surface area contributed by atoms with Crippen molar-refractivity contribution in [1.29, 1.82) is 0 Å². The number of carbonyl (C=O) groups is 1. The zero-order valence-electron chi connectivity index (χ0n) is 11.6. The quantitative estimate of drug-likeness (QED) is 0.624. The molecular weight excluding hydrogens is 248 g/mol. The van der Waals surface area contributed by atoms with Crippen LogP contribution in [0.15, 0.2) is 0 Å². The van der Waals surface area contributed by atoms with E-state index in [0.29, 0.717) is 24.4 Å². The summed E-state index contributed by atoms with van der Waals surface area (Å²) in [4.78, 5) is 11.6. The van der Waals surface area contributed by atoms with Gasteiger partial charge in [-0.3, -0.25) is 4.79 Å². The molecule has 5 heteroatoms. The average molecular weight is 274 g/mol. The lowest BCUT2D eigenvalue weighted by atomic mass is 10.1. The van der Waals surface area contributed by atoms with E-state index in [1.807, 2.05) is 11.8 Å². The Hall–Kier alpha value is -0.260. The summed E-state index contributed by atoms with van der Waals surface area (Å²) in [7, 11) is 1.67. The number of carbonyl (C=O) groups excluding carboxylic acids is 1. The standard InChI is InChI=1S/C13H26N2O2S/c1-17-9-5-8-15-12(16)10-14-11-13(18-2)6-3-4-7-13/h14H,3-11H2,1-2H3,(H,15,16). The van der Waals surface area contributed by atoms with E-state index in [-0.39, 0.29) is 5.91 Å². The highest BCUT2D eigenvalue weighted by atomic mass is 32.2. The van der Waals surface area contributed by atoms with Crippen LogP contribution in [0.25, 0.3) is 0 Å². The molecule has 0 radical (unpaired) electrons. The molecule has 0 aromatic carbocycles. The maximum atomic E-state index is 11.6. The van der Waals surface area contributed by atoms with E-state index in [0.717, 1.165) is 13.0 Å². The summed E-state index contributed by atoms with van der Waals surface area (Å²) in [6.45, 7) is 2.76. The Morgan fingerprint density at radius 1 is 1.39 bits per heavy atom. The van der Waals surface area contributed by atoms with Crippen LogP contribution < -0.4 is 10.6 Å². The lowest BCUT2D eigenvalue weighted by Gasteiger charge is -2.26. The largest absolute Gasteiger partial charge is 0.385 e. The van der Waals surface area contributed by atoms with Crippen LogP contribution in [0.5, 0.6) is 0 Å². The Morgan fingerprint density at radius 2 is 2.11 bits per heavy atom. The van der Waals surface area contributed by atoms with Crippen molar-refractivity contribution in [3.8, 4) is 0 Å². The van der Waals surface area contributed by atoms with Crippen molar-refractivity contribution in [3.63, 3.8) is 0 Å². The van der Waals surface area contributed by atoms with Crippen LogP contribution in [-0.2, 0) is 9.53 Å². The molecule has 0 spiro atoms. The second-order valence-electron chi connectivity index (χ2n) is 4.89. The van der Waals surface area contributed by atoms with Crippen LogP contribution in [0.4, 0.5) is 0 Å². The molecule has 4 nitrogen and oxygen atoms in total. The van der Waals surface area contributed by atoms with Gasteiger partial charge in [-0.2, -0.15) is 11.8 Å². The van der Waals surface area contributed by atoms with E-state index in [1.54, 1.807) is 7.11 Å². The number of hydrogen-bond acceptors (Lipinski definition) is 4. The Kier molecular flexibility index (Phi) is 7.70. The number of ether oxygens (including phenoxy) is 1. The number of amides is 1. The summed E-state index contributed by atoms with van der Waals surface area (Å²) in [6.07, 6.45) is 8.25. The summed E-state index contributed by atoms with van der Waals surface area (Å²) in [6, 6.07) is 0. The predicted molar refractivity (Wildman–Crippen MR) is 77.1 cm³/mol. The van der Waals surface area contributed by atoms with Crippen LogP contribution in [0.3, 0.4) is 0 Å². The van der Waals surface area contributed by atoms with Gasteiger partial charge in [0.15, 0.2) is 0 Å². The van der Waals surface area contributed by atoms with E-state index in [4.69, 9.17) is 4.74 Å². The van der Waals surface area contributed by atoms with Crippen molar-refractivity contribution in [1.82, 2.24) is 10.6 Å². The van der Waals surface area contributed by atoms with E-state index in [1.165, 1.54) is 25.7 Å². The van der Waals surface area contributed by atoms with Gasteiger partial charge in [0.1, 0.15) is 0 Å². The van der Waals surface area contributed by atoms with Gasteiger partial charge in [0, 0.05) is 31.6 Å². The number of hydrogen-bond donors (Lipinski definition) is 2. The monoisotopic (exact) mass is 274 g/mol. The van der Waals surface area contributed by atoms with Gasteiger partial charge in [-0.15, -0.1) is 0 Å². The fraction of sp³-hybridized carbons (Fsp3) is 0.923. The normalized spacial score (nSPS) is 17.9. The van der Waals surface area contributed by atoms with Crippen LogP contribution in [-0.4, -0.2) is 50.3 Å². The van der Waals surface area contributed by atoms with Crippen molar-refractivity contribution in [3.05, 3.63) is 0 Å². The summed E-state index contributed by atoms with van der Waals surface area (Å²) in [5.74, 6) is 0.0837. The van der Waals surface area contributed by atoms with Gasteiger partial charge >= 0.3 is 0 Å². The maximum Gasteiger partial charge on any atom is 0.233 e.